The van der Waals surface area contributed by atoms with Crippen LogP contribution < -0.4 is 11.1 Å². The minimum Gasteiger partial charge on any atom is -0.397 e. The van der Waals surface area contributed by atoms with Crippen molar-refractivity contribution in [3.05, 3.63) is 18.0 Å². The van der Waals surface area contributed by atoms with Crippen molar-refractivity contribution in [2.45, 2.75) is 32.7 Å². The van der Waals surface area contributed by atoms with Crippen LogP contribution in [0.4, 0.5) is 11.4 Å². The van der Waals surface area contributed by atoms with Gasteiger partial charge in [0, 0.05) is 6.04 Å². The number of hydrogen-bond acceptors (Lipinski definition) is 4. The van der Waals surface area contributed by atoms with Crippen molar-refractivity contribution < 1.29 is 4.79 Å². The molecule has 1 aliphatic heterocycles. The van der Waals surface area contributed by atoms with Crippen LogP contribution in [-0.2, 0) is 4.79 Å². The van der Waals surface area contributed by atoms with Crippen LogP contribution in [-0.4, -0.2) is 34.9 Å². The molecule has 1 aromatic rings. The van der Waals surface area contributed by atoms with Crippen LogP contribution in [0.2, 0.25) is 0 Å². The topological polar surface area (TPSA) is 71.2 Å². The lowest BCUT2D eigenvalue weighted by molar-refractivity contribution is -0.117. The van der Waals surface area contributed by atoms with Gasteiger partial charge in [0.15, 0.2) is 0 Å². The summed E-state index contributed by atoms with van der Waals surface area (Å²) in [5, 5.41) is 2.83. The fourth-order valence-electron chi connectivity index (χ4n) is 2.23. The van der Waals surface area contributed by atoms with Gasteiger partial charge in [-0.3, -0.25) is 14.7 Å². The lowest BCUT2D eigenvalue weighted by Gasteiger charge is -2.20. The molecule has 2 heterocycles. The summed E-state index contributed by atoms with van der Waals surface area (Å²) in [6.45, 7) is 5.44. The van der Waals surface area contributed by atoms with E-state index in [0.717, 1.165) is 12.2 Å². The molecule has 1 aromatic heterocycles. The molecule has 18 heavy (non-hydrogen) atoms. The van der Waals surface area contributed by atoms with E-state index in [9.17, 15) is 4.79 Å². The van der Waals surface area contributed by atoms with E-state index < -0.39 is 0 Å². The molecule has 2 rings (SSSR count). The standard InChI is InChI=1S/C13H20N4O/c1-9-4-3-5-17(9)8-13(18)16-11-6-12(14)10(2)15-7-11/h6-7,9H,3-5,8,14H2,1-2H3,(H,16,18)/t9-/m0/s1. The molecule has 0 unspecified atom stereocenters. The molecule has 0 aliphatic carbocycles. The molecule has 98 valence electrons. The third-order valence-electron chi connectivity index (χ3n) is 3.45. The van der Waals surface area contributed by atoms with Gasteiger partial charge in [0.2, 0.25) is 5.91 Å². The number of anilines is 2. The van der Waals surface area contributed by atoms with E-state index in [1.807, 2.05) is 6.92 Å². The number of likely N-dealkylation sites (tertiary alicyclic amines) is 1. The third-order valence-corrected chi connectivity index (χ3v) is 3.45. The number of nitrogens with two attached hydrogens (primary N) is 1. The van der Waals surface area contributed by atoms with Crippen molar-refractivity contribution in [3.63, 3.8) is 0 Å². The normalized spacial score (nSPS) is 20.0. The van der Waals surface area contributed by atoms with E-state index in [-0.39, 0.29) is 5.91 Å². The van der Waals surface area contributed by atoms with E-state index in [1.165, 1.54) is 12.8 Å². The van der Waals surface area contributed by atoms with Crippen LogP contribution in [0, 0.1) is 6.92 Å². The maximum Gasteiger partial charge on any atom is 0.238 e. The maximum absolute atomic E-state index is 11.9. The Balaban J connectivity index is 1.92. The Bertz CT molecular complexity index is 447. The van der Waals surface area contributed by atoms with E-state index >= 15 is 0 Å². The van der Waals surface area contributed by atoms with Crippen LogP contribution in [0.15, 0.2) is 12.3 Å². The first kappa shape index (κ1) is 12.8. The predicted octanol–water partition coefficient (Wildman–Crippen LogP) is 1.40. The van der Waals surface area contributed by atoms with Crippen molar-refractivity contribution in [1.82, 2.24) is 9.88 Å². The van der Waals surface area contributed by atoms with Crippen LogP contribution in [0.1, 0.15) is 25.5 Å². The van der Waals surface area contributed by atoms with Gasteiger partial charge in [-0.05, 0) is 39.3 Å². The van der Waals surface area contributed by atoms with Gasteiger partial charge < -0.3 is 11.1 Å². The quantitative estimate of drug-likeness (QED) is 0.848. The van der Waals surface area contributed by atoms with Crippen LogP contribution in [0.3, 0.4) is 0 Å². The number of amides is 1. The number of nitrogens with one attached hydrogen (secondary N) is 1. The number of nitrogens with zero attached hydrogens (tertiary/aromatic N) is 2. The molecule has 0 bridgehead atoms. The average molecular weight is 248 g/mol. The zero-order chi connectivity index (χ0) is 13.1. The van der Waals surface area contributed by atoms with E-state index in [2.05, 4.69) is 22.1 Å². The van der Waals surface area contributed by atoms with E-state index in [1.54, 1.807) is 12.3 Å². The summed E-state index contributed by atoms with van der Waals surface area (Å²) in [6, 6.07) is 2.24. The lowest BCUT2D eigenvalue weighted by Crippen LogP contribution is -2.35. The van der Waals surface area contributed by atoms with Crippen LogP contribution in [0.5, 0.6) is 0 Å². The van der Waals surface area contributed by atoms with E-state index in [0.29, 0.717) is 24.0 Å². The summed E-state index contributed by atoms with van der Waals surface area (Å²) in [5.74, 6) is -0.00574. The Hall–Kier alpha value is -1.62. The number of aromatic nitrogens is 1. The number of carbonyl (C=O) groups excluding carboxylic acids is 1. The van der Waals surface area contributed by atoms with Crippen molar-refractivity contribution in [2.75, 3.05) is 24.1 Å². The molecule has 1 fully saturated rings. The summed E-state index contributed by atoms with van der Waals surface area (Å²) >= 11 is 0. The van der Waals surface area contributed by atoms with Gasteiger partial charge in [0.05, 0.1) is 29.8 Å². The van der Waals surface area contributed by atoms with Gasteiger partial charge in [-0.15, -0.1) is 0 Å². The molecular formula is C13H20N4O. The fraction of sp³-hybridized carbons (Fsp3) is 0.538. The second kappa shape index (κ2) is 5.35. The van der Waals surface area contributed by atoms with Crippen LogP contribution in [0.25, 0.3) is 0 Å². The molecule has 1 saturated heterocycles. The van der Waals surface area contributed by atoms with Gasteiger partial charge in [0.25, 0.3) is 0 Å². The molecule has 0 aromatic carbocycles. The first-order chi connectivity index (χ1) is 8.56. The summed E-state index contributed by atoms with van der Waals surface area (Å²) in [6.07, 6.45) is 3.98. The van der Waals surface area contributed by atoms with Crippen molar-refractivity contribution >= 4 is 17.3 Å². The largest absolute Gasteiger partial charge is 0.397 e. The molecule has 1 atom stereocenters. The molecule has 1 aliphatic rings. The number of rotatable bonds is 3. The number of hydrogen-bond donors (Lipinski definition) is 2. The maximum atomic E-state index is 11.9. The van der Waals surface area contributed by atoms with Crippen molar-refractivity contribution in [1.29, 1.82) is 0 Å². The average Bonchev–Trinajstić information content (AvgIpc) is 2.70. The van der Waals surface area contributed by atoms with Gasteiger partial charge in [-0.25, -0.2) is 0 Å². The molecule has 0 saturated carbocycles. The Morgan fingerprint density at radius 1 is 1.67 bits per heavy atom. The summed E-state index contributed by atoms with van der Waals surface area (Å²) in [7, 11) is 0. The molecular weight excluding hydrogens is 228 g/mol. The Morgan fingerprint density at radius 2 is 2.44 bits per heavy atom. The Morgan fingerprint density at radius 3 is 3.06 bits per heavy atom. The first-order valence-corrected chi connectivity index (χ1v) is 6.32. The first-order valence-electron chi connectivity index (χ1n) is 6.32. The SMILES string of the molecule is Cc1ncc(NC(=O)CN2CCC[C@@H]2C)cc1N. The third kappa shape index (κ3) is 2.98. The molecule has 1 amide bonds. The second-order valence-corrected chi connectivity index (χ2v) is 4.91. The highest BCUT2D eigenvalue weighted by Gasteiger charge is 2.22. The summed E-state index contributed by atoms with van der Waals surface area (Å²) < 4.78 is 0. The summed E-state index contributed by atoms with van der Waals surface area (Å²) in [5.41, 5.74) is 7.80. The highest BCUT2D eigenvalue weighted by atomic mass is 16.2. The zero-order valence-corrected chi connectivity index (χ0v) is 10.9. The number of carbonyl (C=O) groups is 1. The zero-order valence-electron chi connectivity index (χ0n) is 10.9. The summed E-state index contributed by atoms with van der Waals surface area (Å²) in [4.78, 5) is 18.2. The molecule has 0 radical (unpaired) electrons. The smallest absolute Gasteiger partial charge is 0.238 e. The van der Waals surface area contributed by atoms with Crippen molar-refractivity contribution in [3.8, 4) is 0 Å². The highest BCUT2D eigenvalue weighted by molar-refractivity contribution is 5.92. The predicted molar refractivity (Wildman–Crippen MR) is 72.3 cm³/mol. The lowest BCUT2D eigenvalue weighted by atomic mass is 10.2. The second-order valence-electron chi connectivity index (χ2n) is 4.91. The number of nitrogen functional groups attached to an aromatic ring is 1. The van der Waals surface area contributed by atoms with Gasteiger partial charge >= 0.3 is 0 Å². The van der Waals surface area contributed by atoms with Gasteiger partial charge in [0.1, 0.15) is 0 Å². The van der Waals surface area contributed by atoms with Crippen molar-refractivity contribution in [2.24, 2.45) is 0 Å². The minimum absolute atomic E-state index is 0.00574. The van der Waals surface area contributed by atoms with Crippen LogP contribution >= 0.6 is 0 Å². The number of aryl methyl sites for hydroxylation is 1. The van der Waals surface area contributed by atoms with E-state index in [4.69, 9.17) is 5.73 Å². The number of pyridine rings is 1. The molecule has 5 heteroatoms. The minimum atomic E-state index is -0.00574. The molecule has 3 N–H and O–H groups in total. The Kier molecular flexibility index (Phi) is 3.81. The molecule has 0 spiro atoms. The monoisotopic (exact) mass is 248 g/mol. The highest BCUT2D eigenvalue weighted by Crippen LogP contribution is 2.17. The Labute approximate surface area is 107 Å². The molecule has 5 nitrogen and oxygen atoms in total. The fourth-order valence-corrected chi connectivity index (χ4v) is 2.23. The van der Waals surface area contributed by atoms with Gasteiger partial charge in [-0.2, -0.15) is 0 Å². The van der Waals surface area contributed by atoms with Gasteiger partial charge in [-0.1, -0.05) is 0 Å².